The van der Waals surface area contributed by atoms with Gasteiger partial charge in [0.1, 0.15) is 0 Å². The van der Waals surface area contributed by atoms with E-state index in [9.17, 15) is 9.59 Å². The van der Waals surface area contributed by atoms with Crippen LogP contribution in [0.3, 0.4) is 0 Å². The molecule has 0 aliphatic carbocycles. The molecule has 1 saturated heterocycles. The lowest BCUT2D eigenvalue weighted by molar-refractivity contribution is 0.0942. The number of rotatable bonds is 1. The molecule has 4 rings (SSSR count). The van der Waals surface area contributed by atoms with Gasteiger partial charge in [0.05, 0.1) is 11.1 Å². The minimum absolute atomic E-state index is 0.328. The van der Waals surface area contributed by atoms with Crippen molar-refractivity contribution < 1.29 is 9.59 Å². The summed E-state index contributed by atoms with van der Waals surface area (Å²) in [6.45, 7) is 2.90. The van der Waals surface area contributed by atoms with Gasteiger partial charge in [-0.25, -0.2) is 4.79 Å². The lowest BCUT2D eigenvalue weighted by Gasteiger charge is -2.32. The second kappa shape index (κ2) is 6.22. The molecule has 128 valence electrons. The normalized spacial score (nSPS) is 15.6. The number of benzene rings is 2. The van der Waals surface area contributed by atoms with E-state index in [1.807, 2.05) is 43.4 Å². The molecule has 0 unspecified atom stereocenters. The van der Waals surface area contributed by atoms with Gasteiger partial charge in [-0.15, -0.1) is 0 Å². The van der Waals surface area contributed by atoms with Crippen molar-refractivity contribution in [3.8, 4) is 0 Å². The third-order valence-electron chi connectivity index (χ3n) is 4.80. The first-order chi connectivity index (χ1) is 12.1. The fraction of sp³-hybridized carbons (Fsp3) is 0.263. The Labute approximate surface area is 145 Å². The number of fused-ring (bicyclic) bond motifs is 3. The Hall–Kier alpha value is -2.86. The smallest absolute Gasteiger partial charge is 0.324 e. The number of imide groups is 1. The van der Waals surface area contributed by atoms with Gasteiger partial charge in [-0.1, -0.05) is 30.3 Å². The summed E-state index contributed by atoms with van der Waals surface area (Å²) in [7, 11) is 2.02. The summed E-state index contributed by atoms with van der Waals surface area (Å²) in [4.78, 5) is 32.2. The van der Waals surface area contributed by atoms with Gasteiger partial charge in [0.15, 0.2) is 0 Å². The zero-order chi connectivity index (χ0) is 17.4. The molecule has 0 radical (unpaired) electrons. The van der Waals surface area contributed by atoms with Crippen molar-refractivity contribution in [3.63, 3.8) is 0 Å². The van der Waals surface area contributed by atoms with Crippen molar-refractivity contribution in [1.29, 1.82) is 0 Å². The van der Waals surface area contributed by atoms with Gasteiger partial charge in [0.25, 0.3) is 5.91 Å². The standard InChI is InChI=1S/C19H20N4O2/c1-22-9-11-23(12-10-22)19(25)21-18(24)15-7-4-6-14-13-5-2-3-8-16(13)20-17(14)15/h2-8,20H,9-12H2,1H3,(H,21,24,25). The van der Waals surface area contributed by atoms with Crippen LogP contribution in [0.2, 0.25) is 0 Å². The third-order valence-corrected chi connectivity index (χ3v) is 4.80. The van der Waals surface area contributed by atoms with Crippen LogP contribution in [-0.2, 0) is 0 Å². The number of H-pyrrole nitrogens is 1. The number of aromatic nitrogens is 1. The highest BCUT2D eigenvalue weighted by Gasteiger charge is 2.22. The number of nitrogens with one attached hydrogen (secondary N) is 2. The molecule has 25 heavy (non-hydrogen) atoms. The topological polar surface area (TPSA) is 68.4 Å². The minimum Gasteiger partial charge on any atom is -0.354 e. The number of hydrogen-bond donors (Lipinski definition) is 2. The van der Waals surface area contributed by atoms with Gasteiger partial charge in [-0.05, 0) is 19.2 Å². The molecule has 3 aromatic rings. The molecule has 0 saturated carbocycles. The van der Waals surface area contributed by atoms with Crippen LogP contribution in [-0.4, -0.2) is 59.9 Å². The number of carbonyl (C=O) groups is 2. The highest BCUT2D eigenvalue weighted by Crippen LogP contribution is 2.27. The molecule has 1 aliphatic rings. The number of para-hydroxylation sites is 2. The SMILES string of the molecule is CN1CCN(C(=O)NC(=O)c2cccc3c2[nH]c2ccccc23)CC1. The second-order valence-corrected chi connectivity index (χ2v) is 6.45. The molecule has 1 aliphatic heterocycles. The van der Waals surface area contributed by atoms with E-state index in [-0.39, 0.29) is 11.9 Å². The van der Waals surface area contributed by atoms with Crippen LogP contribution in [0, 0.1) is 0 Å². The fourth-order valence-corrected chi connectivity index (χ4v) is 3.32. The summed E-state index contributed by atoms with van der Waals surface area (Å²) in [6.07, 6.45) is 0. The molecule has 2 N–H and O–H groups in total. The number of carbonyl (C=O) groups excluding carboxylic acids is 2. The quantitative estimate of drug-likeness (QED) is 0.717. The van der Waals surface area contributed by atoms with E-state index in [0.29, 0.717) is 18.7 Å². The number of hydrogen-bond acceptors (Lipinski definition) is 3. The Bertz CT molecular complexity index is 954. The fourth-order valence-electron chi connectivity index (χ4n) is 3.32. The number of piperazine rings is 1. The molecule has 2 aromatic carbocycles. The van der Waals surface area contributed by atoms with Gasteiger partial charge in [0, 0.05) is 42.5 Å². The Balaban J connectivity index is 1.61. The highest BCUT2D eigenvalue weighted by molar-refractivity contribution is 6.17. The first kappa shape index (κ1) is 15.7. The van der Waals surface area contributed by atoms with Crippen molar-refractivity contribution in [2.24, 2.45) is 0 Å². The number of nitrogens with zero attached hydrogens (tertiary/aromatic N) is 2. The molecular weight excluding hydrogens is 316 g/mol. The van der Waals surface area contributed by atoms with Crippen LogP contribution in [0.1, 0.15) is 10.4 Å². The van der Waals surface area contributed by atoms with Crippen LogP contribution in [0.15, 0.2) is 42.5 Å². The van der Waals surface area contributed by atoms with E-state index < -0.39 is 0 Å². The molecular formula is C19H20N4O2. The molecule has 3 amide bonds. The Kier molecular flexibility index (Phi) is 3.89. The summed E-state index contributed by atoms with van der Waals surface area (Å²) < 4.78 is 0. The summed E-state index contributed by atoms with van der Waals surface area (Å²) >= 11 is 0. The number of aromatic amines is 1. The molecule has 6 nitrogen and oxygen atoms in total. The first-order valence-electron chi connectivity index (χ1n) is 8.42. The lowest BCUT2D eigenvalue weighted by Crippen LogP contribution is -2.51. The molecule has 0 bridgehead atoms. The zero-order valence-electron chi connectivity index (χ0n) is 14.1. The van der Waals surface area contributed by atoms with Crippen LogP contribution < -0.4 is 5.32 Å². The van der Waals surface area contributed by atoms with E-state index in [4.69, 9.17) is 0 Å². The largest absolute Gasteiger partial charge is 0.354 e. The number of urea groups is 1. The van der Waals surface area contributed by atoms with Gasteiger partial charge in [-0.3, -0.25) is 10.1 Å². The average molecular weight is 336 g/mol. The summed E-state index contributed by atoms with van der Waals surface area (Å²) in [5, 5.41) is 4.58. The van der Waals surface area contributed by atoms with Crippen molar-refractivity contribution in [3.05, 3.63) is 48.0 Å². The number of likely N-dealkylation sites (N-methyl/N-ethyl adjacent to an activating group) is 1. The van der Waals surface area contributed by atoms with Crippen molar-refractivity contribution in [2.45, 2.75) is 0 Å². The highest BCUT2D eigenvalue weighted by atomic mass is 16.2. The van der Waals surface area contributed by atoms with Crippen LogP contribution in [0.5, 0.6) is 0 Å². The lowest BCUT2D eigenvalue weighted by atomic mass is 10.1. The van der Waals surface area contributed by atoms with Gasteiger partial charge in [0.2, 0.25) is 0 Å². The molecule has 1 aromatic heterocycles. The zero-order valence-corrected chi connectivity index (χ0v) is 14.1. The van der Waals surface area contributed by atoms with E-state index in [1.54, 1.807) is 11.0 Å². The summed E-state index contributed by atoms with van der Waals surface area (Å²) in [5.74, 6) is -0.374. The second-order valence-electron chi connectivity index (χ2n) is 6.45. The van der Waals surface area contributed by atoms with E-state index in [2.05, 4.69) is 15.2 Å². The number of amides is 3. The van der Waals surface area contributed by atoms with Crippen LogP contribution >= 0.6 is 0 Å². The van der Waals surface area contributed by atoms with Gasteiger partial charge in [-0.2, -0.15) is 0 Å². The molecule has 1 fully saturated rings. The van der Waals surface area contributed by atoms with Gasteiger partial charge >= 0.3 is 6.03 Å². The predicted octanol–water partition coefficient (Wildman–Crippen LogP) is 2.42. The van der Waals surface area contributed by atoms with E-state index >= 15 is 0 Å². The summed E-state index contributed by atoms with van der Waals surface area (Å²) in [6, 6.07) is 13.2. The van der Waals surface area contributed by atoms with E-state index in [1.165, 1.54) is 0 Å². The molecule has 0 spiro atoms. The first-order valence-corrected chi connectivity index (χ1v) is 8.42. The monoisotopic (exact) mass is 336 g/mol. The predicted molar refractivity (Wildman–Crippen MR) is 97.7 cm³/mol. The van der Waals surface area contributed by atoms with Crippen molar-refractivity contribution in [2.75, 3.05) is 33.2 Å². The van der Waals surface area contributed by atoms with Crippen molar-refractivity contribution in [1.82, 2.24) is 20.1 Å². The van der Waals surface area contributed by atoms with E-state index in [0.717, 1.165) is 34.9 Å². The Morgan fingerprint density at radius 1 is 0.960 bits per heavy atom. The Morgan fingerprint density at radius 2 is 1.68 bits per heavy atom. The Morgan fingerprint density at radius 3 is 2.48 bits per heavy atom. The molecule has 0 atom stereocenters. The van der Waals surface area contributed by atoms with Crippen molar-refractivity contribution >= 4 is 33.7 Å². The molecule has 6 heteroatoms. The van der Waals surface area contributed by atoms with Crippen LogP contribution in [0.25, 0.3) is 21.8 Å². The maximum atomic E-state index is 12.7. The van der Waals surface area contributed by atoms with Crippen LogP contribution in [0.4, 0.5) is 4.79 Å². The third kappa shape index (κ3) is 2.85. The maximum absolute atomic E-state index is 12.7. The maximum Gasteiger partial charge on any atom is 0.324 e. The molecule has 2 heterocycles. The minimum atomic E-state index is -0.374. The summed E-state index contributed by atoms with van der Waals surface area (Å²) in [5.41, 5.74) is 2.21. The average Bonchev–Trinajstić information content (AvgIpc) is 3.00. The van der Waals surface area contributed by atoms with Gasteiger partial charge < -0.3 is 14.8 Å².